The Labute approximate surface area is 135 Å². The fourth-order valence-corrected chi connectivity index (χ4v) is 2.73. The zero-order valence-electron chi connectivity index (χ0n) is 13.4. The summed E-state index contributed by atoms with van der Waals surface area (Å²) in [5.74, 6) is 0.0500. The van der Waals surface area contributed by atoms with Crippen LogP contribution in [-0.4, -0.2) is 47.2 Å². The van der Waals surface area contributed by atoms with Crippen LogP contribution in [0.1, 0.15) is 35.9 Å². The van der Waals surface area contributed by atoms with Crippen molar-refractivity contribution in [2.24, 2.45) is 0 Å². The second-order valence-corrected chi connectivity index (χ2v) is 6.12. The maximum absolute atomic E-state index is 13.0. The summed E-state index contributed by atoms with van der Waals surface area (Å²) in [7, 11) is 0. The molecule has 1 N–H and O–H groups in total. The molecular weight excluding hydrogens is 295 g/mol. The van der Waals surface area contributed by atoms with Gasteiger partial charge in [-0.2, -0.15) is 5.10 Å². The monoisotopic (exact) mass is 316 g/mol. The van der Waals surface area contributed by atoms with E-state index in [9.17, 15) is 9.18 Å². The van der Waals surface area contributed by atoms with Crippen LogP contribution in [0.25, 0.3) is 0 Å². The summed E-state index contributed by atoms with van der Waals surface area (Å²) in [5.41, 5.74) is 2.43. The van der Waals surface area contributed by atoms with Crippen LogP contribution in [0.2, 0.25) is 0 Å². The van der Waals surface area contributed by atoms with Crippen LogP contribution >= 0.6 is 0 Å². The molecule has 0 bridgehead atoms. The number of carbonyl (C=O) groups is 1. The van der Waals surface area contributed by atoms with Crippen LogP contribution in [-0.2, 0) is 0 Å². The molecule has 1 amide bonds. The van der Waals surface area contributed by atoms with Gasteiger partial charge in [-0.15, -0.1) is 0 Å². The van der Waals surface area contributed by atoms with E-state index in [0.29, 0.717) is 24.7 Å². The number of benzene rings is 1. The SMILES string of the molecule is CC(C)c1cc(C(=O)N2CCN(c3ccc(F)cc3)CC2)[nH]n1. The van der Waals surface area contributed by atoms with E-state index in [1.54, 1.807) is 12.1 Å². The minimum Gasteiger partial charge on any atom is -0.368 e. The molecule has 0 saturated carbocycles. The molecule has 1 aliphatic rings. The van der Waals surface area contributed by atoms with Gasteiger partial charge >= 0.3 is 0 Å². The number of piperazine rings is 1. The zero-order chi connectivity index (χ0) is 16.4. The van der Waals surface area contributed by atoms with Gasteiger partial charge in [0.25, 0.3) is 5.91 Å². The molecule has 0 unspecified atom stereocenters. The number of halogens is 1. The first-order chi connectivity index (χ1) is 11.0. The average Bonchev–Trinajstić information content (AvgIpc) is 3.05. The minimum absolute atomic E-state index is 0.0110. The predicted molar refractivity (Wildman–Crippen MR) is 87.2 cm³/mol. The molecule has 1 saturated heterocycles. The van der Waals surface area contributed by atoms with Gasteiger partial charge in [-0.3, -0.25) is 9.89 Å². The third kappa shape index (κ3) is 3.36. The number of anilines is 1. The van der Waals surface area contributed by atoms with Crippen molar-refractivity contribution in [3.8, 4) is 0 Å². The highest BCUT2D eigenvalue weighted by atomic mass is 19.1. The highest BCUT2D eigenvalue weighted by molar-refractivity contribution is 5.92. The summed E-state index contributed by atoms with van der Waals surface area (Å²) in [4.78, 5) is 16.5. The van der Waals surface area contributed by atoms with E-state index < -0.39 is 0 Å². The zero-order valence-corrected chi connectivity index (χ0v) is 13.4. The Kier molecular flexibility index (Phi) is 4.32. The Bertz CT molecular complexity index is 672. The standard InChI is InChI=1S/C17H21FN4O/c1-12(2)15-11-16(20-19-15)17(23)22-9-7-21(8-10-22)14-5-3-13(18)4-6-14/h3-6,11-12H,7-10H2,1-2H3,(H,19,20). The maximum atomic E-state index is 13.0. The maximum Gasteiger partial charge on any atom is 0.271 e. The number of amides is 1. The summed E-state index contributed by atoms with van der Waals surface area (Å²) in [6.45, 7) is 6.86. The largest absolute Gasteiger partial charge is 0.368 e. The lowest BCUT2D eigenvalue weighted by molar-refractivity contribution is 0.0741. The summed E-state index contributed by atoms with van der Waals surface area (Å²) in [6, 6.07) is 8.31. The third-order valence-electron chi connectivity index (χ3n) is 4.18. The van der Waals surface area contributed by atoms with Crippen molar-refractivity contribution in [2.45, 2.75) is 19.8 Å². The van der Waals surface area contributed by atoms with Crippen LogP contribution in [0, 0.1) is 5.82 Å². The average molecular weight is 316 g/mol. The van der Waals surface area contributed by atoms with Gasteiger partial charge in [0.15, 0.2) is 0 Å². The number of hydrogen-bond donors (Lipinski definition) is 1. The fraction of sp³-hybridized carbons (Fsp3) is 0.412. The van der Waals surface area contributed by atoms with Crippen molar-refractivity contribution in [3.63, 3.8) is 0 Å². The van der Waals surface area contributed by atoms with Crippen molar-refractivity contribution in [1.29, 1.82) is 0 Å². The van der Waals surface area contributed by atoms with Crippen molar-refractivity contribution in [1.82, 2.24) is 15.1 Å². The van der Waals surface area contributed by atoms with Crippen LogP contribution in [0.3, 0.4) is 0 Å². The number of carbonyl (C=O) groups excluding carboxylic acids is 1. The first-order valence-corrected chi connectivity index (χ1v) is 7.89. The first kappa shape index (κ1) is 15.5. The smallest absolute Gasteiger partial charge is 0.271 e. The van der Waals surface area contributed by atoms with E-state index >= 15 is 0 Å². The molecule has 0 atom stereocenters. The van der Waals surface area contributed by atoms with Gasteiger partial charge in [0, 0.05) is 31.9 Å². The molecule has 0 spiro atoms. The Morgan fingerprint density at radius 1 is 1.17 bits per heavy atom. The second-order valence-electron chi connectivity index (χ2n) is 6.12. The summed E-state index contributed by atoms with van der Waals surface area (Å²) in [5, 5.41) is 7.02. The van der Waals surface area contributed by atoms with Crippen LogP contribution in [0.5, 0.6) is 0 Å². The van der Waals surface area contributed by atoms with Gasteiger partial charge in [0.1, 0.15) is 11.5 Å². The molecule has 0 radical (unpaired) electrons. The van der Waals surface area contributed by atoms with E-state index in [2.05, 4.69) is 15.1 Å². The Morgan fingerprint density at radius 2 is 1.83 bits per heavy atom. The van der Waals surface area contributed by atoms with E-state index in [4.69, 9.17) is 0 Å². The molecule has 2 heterocycles. The van der Waals surface area contributed by atoms with Crippen LogP contribution in [0.15, 0.2) is 30.3 Å². The molecule has 2 aromatic rings. The molecule has 0 aliphatic carbocycles. The van der Waals surface area contributed by atoms with Crippen molar-refractivity contribution >= 4 is 11.6 Å². The summed E-state index contributed by atoms with van der Waals surface area (Å²) in [6.07, 6.45) is 0. The van der Waals surface area contributed by atoms with E-state index in [1.165, 1.54) is 12.1 Å². The summed E-state index contributed by atoms with van der Waals surface area (Å²) >= 11 is 0. The quantitative estimate of drug-likeness (QED) is 0.947. The molecule has 5 nitrogen and oxygen atoms in total. The van der Waals surface area contributed by atoms with Crippen molar-refractivity contribution in [3.05, 3.63) is 47.5 Å². The van der Waals surface area contributed by atoms with Gasteiger partial charge in [0.2, 0.25) is 0 Å². The van der Waals surface area contributed by atoms with Crippen molar-refractivity contribution in [2.75, 3.05) is 31.1 Å². The lowest BCUT2D eigenvalue weighted by atomic mass is 10.1. The normalized spacial score (nSPS) is 15.3. The Hall–Kier alpha value is -2.37. The predicted octanol–water partition coefficient (Wildman–Crippen LogP) is 2.63. The molecule has 122 valence electrons. The highest BCUT2D eigenvalue weighted by Gasteiger charge is 2.24. The molecule has 1 aromatic heterocycles. The fourth-order valence-electron chi connectivity index (χ4n) is 2.73. The highest BCUT2D eigenvalue weighted by Crippen LogP contribution is 2.18. The molecule has 23 heavy (non-hydrogen) atoms. The topological polar surface area (TPSA) is 52.2 Å². The number of hydrogen-bond acceptors (Lipinski definition) is 3. The second kappa shape index (κ2) is 6.40. The number of nitrogens with zero attached hydrogens (tertiary/aromatic N) is 3. The van der Waals surface area contributed by atoms with Gasteiger partial charge in [-0.05, 0) is 36.2 Å². The molecule has 6 heteroatoms. The molecule has 1 aromatic carbocycles. The minimum atomic E-state index is -0.234. The molecule has 1 aliphatic heterocycles. The number of rotatable bonds is 3. The molecule has 3 rings (SSSR count). The lowest BCUT2D eigenvalue weighted by Gasteiger charge is -2.35. The van der Waals surface area contributed by atoms with Crippen molar-refractivity contribution < 1.29 is 9.18 Å². The third-order valence-corrected chi connectivity index (χ3v) is 4.18. The van der Waals surface area contributed by atoms with Gasteiger partial charge in [0.05, 0.1) is 5.69 Å². The van der Waals surface area contributed by atoms with E-state index in [0.717, 1.165) is 24.5 Å². The van der Waals surface area contributed by atoms with Gasteiger partial charge in [-0.25, -0.2) is 4.39 Å². The number of aromatic amines is 1. The number of aromatic nitrogens is 2. The van der Waals surface area contributed by atoms with E-state index in [-0.39, 0.29) is 11.7 Å². The van der Waals surface area contributed by atoms with Gasteiger partial charge in [-0.1, -0.05) is 13.8 Å². The molecular formula is C17H21FN4O. The van der Waals surface area contributed by atoms with Crippen LogP contribution < -0.4 is 4.90 Å². The lowest BCUT2D eigenvalue weighted by Crippen LogP contribution is -2.48. The molecule has 1 fully saturated rings. The summed E-state index contributed by atoms with van der Waals surface area (Å²) < 4.78 is 13.0. The van der Waals surface area contributed by atoms with Gasteiger partial charge < -0.3 is 9.80 Å². The number of nitrogens with one attached hydrogen (secondary N) is 1. The Balaban J connectivity index is 1.61. The number of H-pyrrole nitrogens is 1. The Morgan fingerprint density at radius 3 is 2.39 bits per heavy atom. The van der Waals surface area contributed by atoms with Crippen LogP contribution in [0.4, 0.5) is 10.1 Å². The van der Waals surface area contributed by atoms with E-state index in [1.807, 2.05) is 24.8 Å². The first-order valence-electron chi connectivity index (χ1n) is 7.89.